The predicted octanol–water partition coefficient (Wildman–Crippen LogP) is 0.356. The Balaban J connectivity index is 2.30. The number of benzene rings is 1. The molecule has 1 aromatic rings. The number of amides is 2. The Morgan fingerprint density at radius 1 is 1.26 bits per heavy atom. The molecule has 0 aliphatic heterocycles. The number of carbonyl (C=O) groups is 2. The van der Waals surface area contributed by atoms with Crippen molar-refractivity contribution in [3.05, 3.63) is 48.6 Å². The number of hydrogen-bond acceptors (Lipinski definition) is 3. The lowest BCUT2D eigenvalue weighted by atomic mass is 10.2. The summed E-state index contributed by atoms with van der Waals surface area (Å²) in [5.74, 6) is -0.945. The Morgan fingerprint density at radius 2 is 1.95 bits per heavy atom. The number of aliphatic hydroxyl groups excluding tert-OH is 1. The molecule has 0 aliphatic carbocycles. The van der Waals surface area contributed by atoms with Gasteiger partial charge in [0.1, 0.15) is 6.10 Å². The molecule has 0 heterocycles. The summed E-state index contributed by atoms with van der Waals surface area (Å²) >= 11 is 0. The number of carbonyl (C=O) groups excluding carboxylic acids is 2. The average Bonchev–Trinajstić information content (AvgIpc) is 2.43. The maximum absolute atomic E-state index is 11.5. The third-order valence-electron chi connectivity index (χ3n) is 2.43. The van der Waals surface area contributed by atoms with Gasteiger partial charge in [-0.2, -0.15) is 0 Å². The minimum Gasteiger partial charge on any atom is -0.383 e. The van der Waals surface area contributed by atoms with E-state index in [1.807, 2.05) is 30.3 Å². The van der Waals surface area contributed by atoms with E-state index in [0.717, 1.165) is 5.56 Å². The second-order valence-corrected chi connectivity index (χ2v) is 4.02. The number of hydrogen-bond donors (Lipinski definition) is 3. The quantitative estimate of drug-likeness (QED) is 0.621. The highest BCUT2D eigenvalue weighted by Crippen LogP contribution is 1.98. The van der Waals surface area contributed by atoms with Gasteiger partial charge in [0.05, 0.1) is 6.42 Å². The van der Waals surface area contributed by atoms with Crippen LogP contribution in [0.3, 0.4) is 0 Å². The van der Waals surface area contributed by atoms with Gasteiger partial charge in [-0.05, 0) is 5.56 Å². The van der Waals surface area contributed by atoms with Gasteiger partial charge in [0.15, 0.2) is 0 Å². The molecule has 0 aliphatic rings. The van der Waals surface area contributed by atoms with Crippen molar-refractivity contribution >= 4 is 11.8 Å². The van der Waals surface area contributed by atoms with Gasteiger partial charge in [0, 0.05) is 13.1 Å². The van der Waals surface area contributed by atoms with Crippen LogP contribution in [0.15, 0.2) is 43.0 Å². The van der Waals surface area contributed by atoms with E-state index in [4.69, 9.17) is 0 Å². The zero-order chi connectivity index (χ0) is 14.1. The van der Waals surface area contributed by atoms with Crippen molar-refractivity contribution in [2.45, 2.75) is 19.1 Å². The molecule has 0 radical (unpaired) electrons. The Morgan fingerprint density at radius 3 is 2.58 bits per heavy atom. The highest BCUT2D eigenvalue weighted by atomic mass is 16.3. The van der Waals surface area contributed by atoms with Crippen LogP contribution in [0.2, 0.25) is 0 Å². The zero-order valence-corrected chi connectivity index (χ0v) is 10.6. The van der Waals surface area contributed by atoms with Crippen molar-refractivity contribution in [3.8, 4) is 0 Å². The van der Waals surface area contributed by atoms with Crippen molar-refractivity contribution < 1.29 is 14.7 Å². The number of rotatable bonds is 7. The van der Waals surface area contributed by atoms with E-state index in [1.165, 1.54) is 6.08 Å². The van der Waals surface area contributed by atoms with E-state index in [-0.39, 0.29) is 18.9 Å². The fourth-order valence-corrected chi connectivity index (χ4v) is 1.43. The molecule has 1 rings (SSSR count). The van der Waals surface area contributed by atoms with Crippen LogP contribution in [0.5, 0.6) is 0 Å². The molecule has 19 heavy (non-hydrogen) atoms. The highest BCUT2D eigenvalue weighted by molar-refractivity contribution is 5.87. The molecule has 5 heteroatoms. The summed E-state index contributed by atoms with van der Waals surface area (Å²) in [4.78, 5) is 22.9. The van der Waals surface area contributed by atoms with E-state index in [1.54, 1.807) is 0 Å². The first kappa shape index (κ1) is 14.9. The van der Waals surface area contributed by atoms with Crippen molar-refractivity contribution in [1.29, 1.82) is 0 Å². The standard InChI is InChI=1S/C14H18N2O3/c1-2-8-15-14(19)12(17)9-13(18)16-10-11-6-4-3-5-7-11/h2-7,12,17H,1,8-10H2,(H,15,19)(H,16,18)/t12-/m0/s1. The van der Waals surface area contributed by atoms with Gasteiger partial charge in [-0.15, -0.1) is 6.58 Å². The Kier molecular flexibility index (Phi) is 6.32. The first-order valence-electron chi connectivity index (χ1n) is 6.00. The van der Waals surface area contributed by atoms with E-state index in [2.05, 4.69) is 17.2 Å². The molecule has 0 saturated carbocycles. The van der Waals surface area contributed by atoms with Crippen LogP contribution in [0, 0.1) is 0 Å². The van der Waals surface area contributed by atoms with Crippen LogP contribution >= 0.6 is 0 Å². The first-order valence-corrected chi connectivity index (χ1v) is 6.00. The molecule has 2 amide bonds. The summed E-state index contributed by atoms with van der Waals surface area (Å²) in [7, 11) is 0. The molecule has 0 spiro atoms. The number of nitrogens with one attached hydrogen (secondary N) is 2. The van der Waals surface area contributed by atoms with E-state index >= 15 is 0 Å². The maximum atomic E-state index is 11.5. The van der Waals surface area contributed by atoms with E-state index < -0.39 is 12.0 Å². The highest BCUT2D eigenvalue weighted by Gasteiger charge is 2.17. The molecular formula is C14H18N2O3. The minimum absolute atomic E-state index is 0.254. The molecule has 0 bridgehead atoms. The van der Waals surface area contributed by atoms with Crippen LogP contribution in [0.25, 0.3) is 0 Å². The molecule has 0 saturated heterocycles. The van der Waals surface area contributed by atoms with Gasteiger partial charge in [0.2, 0.25) is 11.8 Å². The fourth-order valence-electron chi connectivity index (χ4n) is 1.43. The fraction of sp³-hybridized carbons (Fsp3) is 0.286. The monoisotopic (exact) mass is 262 g/mol. The summed E-state index contributed by atoms with van der Waals surface area (Å²) in [5.41, 5.74) is 0.960. The smallest absolute Gasteiger partial charge is 0.249 e. The van der Waals surface area contributed by atoms with Gasteiger partial charge >= 0.3 is 0 Å². The molecule has 1 aromatic carbocycles. The number of aliphatic hydroxyl groups is 1. The van der Waals surface area contributed by atoms with Crippen LogP contribution in [-0.2, 0) is 16.1 Å². The summed E-state index contributed by atoms with van der Waals surface area (Å²) in [6.07, 6.45) is -0.0914. The third-order valence-corrected chi connectivity index (χ3v) is 2.43. The van der Waals surface area contributed by atoms with Gasteiger partial charge < -0.3 is 15.7 Å². The molecule has 5 nitrogen and oxygen atoms in total. The lowest BCUT2D eigenvalue weighted by Crippen LogP contribution is -2.38. The van der Waals surface area contributed by atoms with Crippen LogP contribution in [-0.4, -0.2) is 29.6 Å². The normalized spacial score (nSPS) is 11.4. The third kappa shape index (κ3) is 5.83. The second-order valence-electron chi connectivity index (χ2n) is 4.02. The van der Waals surface area contributed by atoms with Gasteiger partial charge in [-0.3, -0.25) is 9.59 Å². The van der Waals surface area contributed by atoms with Gasteiger partial charge in [0.25, 0.3) is 0 Å². The van der Waals surface area contributed by atoms with Gasteiger partial charge in [-0.1, -0.05) is 36.4 Å². The SMILES string of the molecule is C=CCNC(=O)[C@@H](O)CC(=O)NCc1ccccc1. The summed E-state index contributed by atoms with van der Waals surface area (Å²) in [6.45, 7) is 4.08. The van der Waals surface area contributed by atoms with Crippen molar-refractivity contribution in [2.75, 3.05) is 6.54 Å². The maximum Gasteiger partial charge on any atom is 0.249 e. The Labute approximate surface area is 112 Å². The lowest BCUT2D eigenvalue weighted by Gasteiger charge is -2.10. The molecule has 1 atom stereocenters. The van der Waals surface area contributed by atoms with Crippen LogP contribution in [0.1, 0.15) is 12.0 Å². The van der Waals surface area contributed by atoms with E-state index in [0.29, 0.717) is 6.54 Å². The average molecular weight is 262 g/mol. The second kappa shape index (κ2) is 8.05. The molecule has 0 unspecified atom stereocenters. The van der Waals surface area contributed by atoms with E-state index in [9.17, 15) is 14.7 Å². The Bertz CT molecular complexity index is 432. The summed E-state index contributed by atoms with van der Waals surface area (Å²) in [5, 5.41) is 14.6. The topological polar surface area (TPSA) is 78.4 Å². The molecule has 0 aromatic heterocycles. The molecular weight excluding hydrogens is 244 g/mol. The Hall–Kier alpha value is -2.14. The largest absolute Gasteiger partial charge is 0.383 e. The molecule has 102 valence electrons. The van der Waals surface area contributed by atoms with Crippen LogP contribution in [0.4, 0.5) is 0 Å². The van der Waals surface area contributed by atoms with Crippen molar-refractivity contribution in [1.82, 2.24) is 10.6 Å². The first-order chi connectivity index (χ1) is 9.13. The van der Waals surface area contributed by atoms with Gasteiger partial charge in [-0.25, -0.2) is 0 Å². The van der Waals surface area contributed by atoms with Crippen molar-refractivity contribution in [2.24, 2.45) is 0 Å². The molecule has 0 fully saturated rings. The predicted molar refractivity (Wildman–Crippen MR) is 72.1 cm³/mol. The summed E-state index contributed by atoms with van der Waals surface area (Å²) in [6, 6.07) is 9.40. The minimum atomic E-state index is -1.34. The zero-order valence-electron chi connectivity index (χ0n) is 10.6. The van der Waals surface area contributed by atoms with Crippen LogP contribution < -0.4 is 10.6 Å². The van der Waals surface area contributed by atoms with Crippen molar-refractivity contribution in [3.63, 3.8) is 0 Å². The summed E-state index contributed by atoms with van der Waals surface area (Å²) < 4.78 is 0. The molecule has 3 N–H and O–H groups in total. The lowest BCUT2D eigenvalue weighted by molar-refractivity contribution is -0.134.